The van der Waals surface area contributed by atoms with Gasteiger partial charge in [0.1, 0.15) is 5.82 Å². The van der Waals surface area contributed by atoms with Crippen LogP contribution in [0.2, 0.25) is 0 Å². The Morgan fingerprint density at radius 3 is 2.52 bits per heavy atom. The number of benzene rings is 2. The Balaban J connectivity index is 2.00. The Labute approximate surface area is 143 Å². The molecule has 1 heterocycles. The molecular weight excluding hydrogens is 324 g/mol. The molecule has 0 radical (unpaired) electrons. The summed E-state index contributed by atoms with van der Waals surface area (Å²) < 4.78 is 28.3. The number of nitrogens with zero attached hydrogens (tertiary/aromatic N) is 2. The molecule has 128 valence electrons. The second-order valence-corrected chi connectivity index (χ2v) is 5.84. The number of hydrogen-bond donors (Lipinski definition) is 1. The van der Waals surface area contributed by atoms with Gasteiger partial charge in [0.25, 0.3) is 0 Å². The SMILES string of the molecule is Cc1cccc(Nc2nc(=O)c(F)cn2Cc2ccc(F)cc2)c1C. The van der Waals surface area contributed by atoms with Gasteiger partial charge >= 0.3 is 5.56 Å². The van der Waals surface area contributed by atoms with Crippen LogP contribution in [0.4, 0.5) is 20.4 Å². The Hall–Kier alpha value is -3.02. The number of halogens is 2. The standard InChI is InChI=1S/C19H17F2N3O/c1-12-4-3-5-17(13(12)2)22-19-23-18(25)16(21)11-24(19)10-14-6-8-15(20)9-7-14/h3-9,11H,10H2,1-2H3,(H,22,23,25). The Kier molecular flexibility index (Phi) is 4.61. The maximum Gasteiger partial charge on any atom is 0.310 e. The van der Waals surface area contributed by atoms with Crippen molar-refractivity contribution >= 4 is 11.6 Å². The average Bonchev–Trinajstić information content (AvgIpc) is 2.58. The van der Waals surface area contributed by atoms with Crippen LogP contribution in [0.15, 0.2) is 53.5 Å². The van der Waals surface area contributed by atoms with E-state index < -0.39 is 11.4 Å². The van der Waals surface area contributed by atoms with Gasteiger partial charge in [-0.25, -0.2) is 4.39 Å². The van der Waals surface area contributed by atoms with Crippen molar-refractivity contribution in [1.82, 2.24) is 9.55 Å². The minimum atomic E-state index is -0.936. The van der Waals surface area contributed by atoms with Crippen LogP contribution < -0.4 is 10.9 Å². The van der Waals surface area contributed by atoms with E-state index in [1.165, 1.54) is 16.7 Å². The fraction of sp³-hybridized carbons (Fsp3) is 0.158. The zero-order valence-electron chi connectivity index (χ0n) is 13.9. The fourth-order valence-electron chi connectivity index (χ4n) is 2.48. The number of aromatic nitrogens is 2. The van der Waals surface area contributed by atoms with Gasteiger partial charge in [0.05, 0.1) is 6.54 Å². The van der Waals surface area contributed by atoms with E-state index in [-0.39, 0.29) is 18.3 Å². The molecule has 0 unspecified atom stereocenters. The topological polar surface area (TPSA) is 46.9 Å². The molecule has 1 N–H and O–H groups in total. The molecule has 0 amide bonds. The molecule has 1 aromatic heterocycles. The van der Waals surface area contributed by atoms with Crippen LogP contribution in [0.5, 0.6) is 0 Å². The molecule has 0 spiro atoms. The number of rotatable bonds is 4. The van der Waals surface area contributed by atoms with E-state index in [1.54, 1.807) is 12.1 Å². The predicted molar refractivity (Wildman–Crippen MR) is 93.2 cm³/mol. The van der Waals surface area contributed by atoms with E-state index >= 15 is 0 Å². The molecule has 0 bridgehead atoms. The lowest BCUT2D eigenvalue weighted by Crippen LogP contribution is -2.20. The molecule has 0 aliphatic heterocycles. The lowest BCUT2D eigenvalue weighted by molar-refractivity contribution is 0.578. The molecule has 3 rings (SSSR count). The predicted octanol–water partition coefficient (Wildman–Crippen LogP) is 3.93. The molecular formula is C19H17F2N3O. The molecule has 2 aromatic carbocycles. The van der Waals surface area contributed by atoms with Gasteiger partial charge in [0, 0.05) is 11.9 Å². The summed E-state index contributed by atoms with van der Waals surface area (Å²) >= 11 is 0. The van der Waals surface area contributed by atoms with Crippen molar-refractivity contribution in [2.45, 2.75) is 20.4 Å². The van der Waals surface area contributed by atoms with Crippen molar-refractivity contribution < 1.29 is 8.78 Å². The summed E-state index contributed by atoms with van der Waals surface area (Å²) in [5.74, 6) is -1.06. The minimum Gasteiger partial charge on any atom is -0.325 e. The summed E-state index contributed by atoms with van der Waals surface area (Å²) in [4.78, 5) is 15.4. The van der Waals surface area contributed by atoms with Gasteiger partial charge in [-0.3, -0.25) is 4.79 Å². The Morgan fingerprint density at radius 2 is 1.80 bits per heavy atom. The monoisotopic (exact) mass is 341 g/mol. The third kappa shape index (κ3) is 3.74. The Morgan fingerprint density at radius 1 is 1.08 bits per heavy atom. The van der Waals surface area contributed by atoms with Gasteiger partial charge in [-0.15, -0.1) is 0 Å². The summed E-state index contributed by atoms with van der Waals surface area (Å²) in [6.07, 6.45) is 1.10. The van der Waals surface area contributed by atoms with Gasteiger partial charge in [-0.2, -0.15) is 9.37 Å². The number of nitrogens with one attached hydrogen (secondary N) is 1. The van der Waals surface area contributed by atoms with Crippen molar-refractivity contribution in [3.63, 3.8) is 0 Å². The first-order valence-electron chi connectivity index (χ1n) is 7.78. The average molecular weight is 341 g/mol. The highest BCUT2D eigenvalue weighted by molar-refractivity contribution is 5.60. The lowest BCUT2D eigenvalue weighted by atomic mass is 10.1. The number of anilines is 2. The second kappa shape index (κ2) is 6.84. The van der Waals surface area contributed by atoms with Gasteiger partial charge in [-0.05, 0) is 48.7 Å². The van der Waals surface area contributed by atoms with E-state index in [0.717, 1.165) is 28.6 Å². The van der Waals surface area contributed by atoms with Gasteiger partial charge in [0.2, 0.25) is 11.8 Å². The maximum absolute atomic E-state index is 13.7. The summed E-state index contributed by atoms with van der Waals surface area (Å²) in [6, 6.07) is 11.6. The van der Waals surface area contributed by atoms with E-state index in [2.05, 4.69) is 10.3 Å². The van der Waals surface area contributed by atoms with Crippen molar-refractivity contribution in [2.24, 2.45) is 0 Å². The molecule has 0 saturated carbocycles. The van der Waals surface area contributed by atoms with Crippen molar-refractivity contribution in [1.29, 1.82) is 0 Å². The fourth-order valence-corrected chi connectivity index (χ4v) is 2.48. The molecule has 0 aliphatic rings. The highest BCUT2D eigenvalue weighted by atomic mass is 19.1. The molecule has 4 nitrogen and oxygen atoms in total. The normalized spacial score (nSPS) is 10.7. The van der Waals surface area contributed by atoms with Gasteiger partial charge in [-0.1, -0.05) is 24.3 Å². The molecule has 0 fully saturated rings. The molecule has 0 atom stereocenters. The molecule has 0 aliphatic carbocycles. The first kappa shape index (κ1) is 16.8. The lowest BCUT2D eigenvalue weighted by Gasteiger charge is -2.16. The second-order valence-electron chi connectivity index (χ2n) is 5.84. The molecule has 25 heavy (non-hydrogen) atoms. The number of aryl methyl sites for hydroxylation is 1. The zero-order chi connectivity index (χ0) is 18.0. The van der Waals surface area contributed by atoms with Crippen LogP contribution in [0.1, 0.15) is 16.7 Å². The van der Waals surface area contributed by atoms with E-state index in [4.69, 9.17) is 0 Å². The maximum atomic E-state index is 13.7. The molecule has 6 heteroatoms. The Bertz CT molecular complexity index is 965. The van der Waals surface area contributed by atoms with Gasteiger partial charge in [0.15, 0.2) is 0 Å². The highest BCUT2D eigenvalue weighted by Crippen LogP contribution is 2.22. The third-order valence-electron chi connectivity index (χ3n) is 4.07. The van der Waals surface area contributed by atoms with Crippen LogP contribution in [0.3, 0.4) is 0 Å². The first-order valence-corrected chi connectivity index (χ1v) is 7.78. The third-order valence-corrected chi connectivity index (χ3v) is 4.07. The largest absolute Gasteiger partial charge is 0.325 e. The summed E-state index contributed by atoms with van der Waals surface area (Å²) in [5.41, 5.74) is 2.71. The summed E-state index contributed by atoms with van der Waals surface area (Å²) in [7, 11) is 0. The highest BCUT2D eigenvalue weighted by Gasteiger charge is 2.11. The van der Waals surface area contributed by atoms with Crippen molar-refractivity contribution in [3.8, 4) is 0 Å². The quantitative estimate of drug-likeness (QED) is 0.782. The van der Waals surface area contributed by atoms with Crippen LogP contribution >= 0.6 is 0 Å². The van der Waals surface area contributed by atoms with Crippen LogP contribution in [-0.4, -0.2) is 9.55 Å². The minimum absolute atomic E-state index is 0.226. The van der Waals surface area contributed by atoms with Crippen LogP contribution in [-0.2, 0) is 6.54 Å². The van der Waals surface area contributed by atoms with Gasteiger partial charge < -0.3 is 9.88 Å². The van der Waals surface area contributed by atoms with Crippen molar-refractivity contribution in [2.75, 3.05) is 5.32 Å². The molecule has 0 saturated heterocycles. The van der Waals surface area contributed by atoms with Crippen molar-refractivity contribution in [3.05, 3.63) is 87.3 Å². The van der Waals surface area contributed by atoms with Crippen LogP contribution in [0.25, 0.3) is 0 Å². The smallest absolute Gasteiger partial charge is 0.310 e. The summed E-state index contributed by atoms with van der Waals surface area (Å²) in [6.45, 7) is 4.17. The van der Waals surface area contributed by atoms with E-state index in [1.807, 2.05) is 32.0 Å². The van der Waals surface area contributed by atoms with E-state index in [0.29, 0.717) is 0 Å². The van der Waals surface area contributed by atoms with E-state index in [9.17, 15) is 13.6 Å². The number of hydrogen-bond acceptors (Lipinski definition) is 3. The summed E-state index contributed by atoms with van der Waals surface area (Å²) in [5, 5.41) is 3.09. The van der Waals surface area contributed by atoms with Crippen LogP contribution in [0, 0.1) is 25.5 Å². The zero-order valence-corrected chi connectivity index (χ0v) is 13.9. The molecule has 3 aromatic rings. The first-order chi connectivity index (χ1) is 11.9.